The van der Waals surface area contributed by atoms with Gasteiger partial charge in [-0.1, -0.05) is 6.07 Å². The van der Waals surface area contributed by atoms with E-state index in [-0.39, 0.29) is 12.4 Å². The van der Waals surface area contributed by atoms with Gasteiger partial charge in [-0.3, -0.25) is 4.90 Å². The fourth-order valence-electron chi connectivity index (χ4n) is 2.76. The summed E-state index contributed by atoms with van der Waals surface area (Å²) in [5.74, 6) is -0.897. The van der Waals surface area contributed by atoms with Crippen molar-refractivity contribution < 1.29 is 19.4 Å². The Bertz CT molecular complexity index is 530. The summed E-state index contributed by atoms with van der Waals surface area (Å²) in [7, 11) is 0. The third kappa shape index (κ3) is 4.95. The van der Waals surface area contributed by atoms with Crippen LogP contribution in [0.25, 0.3) is 6.08 Å². The maximum atomic E-state index is 13.6. The number of likely N-dealkylation sites (tertiary alicyclic amines) is 1. The molecule has 5 heteroatoms. The smallest absolute Gasteiger partial charge is 0.328 e. The number of carboxylic acid groups (broad SMARTS) is 1. The lowest BCUT2D eigenvalue weighted by atomic mass is 10.1. The summed E-state index contributed by atoms with van der Waals surface area (Å²) >= 11 is 0. The van der Waals surface area contributed by atoms with E-state index in [9.17, 15) is 9.18 Å². The predicted molar refractivity (Wildman–Crippen MR) is 78.2 cm³/mol. The van der Waals surface area contributed by atoms with Gasteiger partial charge >= 0.3 is 5.97 Å². The Hall–Kier alpha value is -1.72. The van der Waals surface area contributed by atoms with E-state index in [1.165, 1.54) is 18.2 Å². The van der Waals surface area contributed by atoms with Crippen molar-refractivity contribution in [1.82, 2.24) is 4.90 Å². The van der Waals surface area contributed by atoms with Crippen molar-refractivity contribution in [2.24, 2.45) is 5.92 Å². The van der Waals surface area contributed by atoms with Crippen LogP contribution in [0.15, 0.2) is 24.3 Å². The van der Waals surface area contributed by atoms with Gasteiger partial charge in [0.25, 0.3) is 0 Å². The lowest BCUT2D eigenvalue weighted by molar-refractivity contribution is -0.131. The summed E-state index contributed by atoms with van der Waals surface area (Å²) in [6, 6.07) is 4.61. The Balaban J connectivity index is 2.02. The molecule has 1 heterocycles. The van der Waals surface area contributed by atoms with Crippen LogP contribution in [0.4, 0.5) is 4.39 Å². The Morgan fingerprint density at radius 1 is 1.43 bits per heavy atom. The van der Waals surface area contributed by atoms with Gasteiger partial charge in [0, 0.05) is 25.8 Å². The molecule has 4 nitrogen and oxygen atoms in total. The van der Waals surface area contributed by atoms with Crippen molar-refractivity contribution in [1.29, 1.82) is 0 Å². The molecule has 1 fully saturated rings. The third-order valence-corrected chi connectivity index (χ3v) is 3.71. The van der Waals surface area contributed by atoms with Gasteiger partial charge in [-0.2, -0.15) is 0 Å². The normalized spacial score (nSPS) is 19.4. The molecule has 1 aromatic rings. The number of aliphatic hydroxyl groups is 1. The van der Waals surface area contributed by atoms with Crippen molar-refractivity contribution in [3.8, 4) is 0 Å². The van der Waals surface area contributed by atoms with Crippen LogP contribution in [0.1, 0.15) is 24.0 Å². The molecule has 1 aliphatic heterocycles. The topological polar surface area (TPSA) is 60.8 Å². The Morgan fingerprint density at radius 3 is 2.95 bits per heavy atom. The first-order chi connectivity index (χ1) is 10.1. The SMILES string of the molecule is O=C(O)/C=C/c1cc(F)cc(CN2CCC(CCO)C2)c1. The Labute approximate surface area is 123 Å². The molecular formula is C16H20FNO3. The molecule has 2 rings (SSSR count). The zero-order valence-corrected chi connectivity index (χ0v) is 11.8. The van der Waals surface area contributed by atoms with E-state index in [0.29, 0.717) is 18.0 Å². The zero-order chi connectivity index (χ0) is 15.2. The summed E-state index contributed by atoms with van der Waals surface area (Å²) in [4.78, 5) is 12.7. The van der Waals surface area contributed by atoms with E-state index in [4.69, 9.17) is 10.2 Å². The van der Waals surface area contributed by atoms with Crippen LogP contribution in [-0.2, 0) is 11.3 Å². The minimum atomic E-state index is -1.05. The van der Waals surface area contributed by atoms with Crippen molar-refractivity contribution in [2.45, 2.75) is 19.4 Å². The average Bonchev–Trinajstić information content (AvgIpc) is 2.83. The second-order valence-electron chi connectivity index (χ2n) is 5.47. The van der Waals surface area contributed by atoms with Crippen molar-refractivity contribution >= 4 is 12.0 Å². The predicted octanol–water partition coefficient (Wildman–Crippen LogP) is 2.13. The number of hydrogen-bond acceptors (Lipinski definition) is 3. The van der Waals surface area contributed by atoms with Gasteiger partial charge in [-0.25, -0.2) is 9.18 Å². The molecule has 1 aliphatic rings. The van der Waals surface area contributed by atoms with Gasteiger partial charge < -0.3 is 10.2 Å². The van der Waals surface area contributed by atoms with Gasteiger partial charge in [-0.15, -0.1) is 0 Å². The molecule has 0 spiro atoms. The van der Waals surface area contributed by atoms with E-state index in [1.54, 1.807) is 0 Å². The molecule has 1 atom stereocenters. The number of benzene rings is 1. The van der Waals surface area contributed by atoms with E-state index in [1.807, 2.05) is 6.07 Å². The molecule has 0 aromatic heterocycles. The number of carboxylic acids is 1. The number of halogens is 1. The standard InChI is InChI=1S/C16H20FNO3/c17-15-8-13(1-2-16(20)21)7-14(9-15)11-18-5-3-12(10-18)4-6-19/h1-2,7-9,12,19H,3-6,10-11H2,(H,20,21)/b2-1+. The van der Waals surface area contributed by atoms with Crippen LogP contribution in [0.2, 0.25) is 0 Å². The second kappa shape index (κ2) is 7.33. The monoisotopic (exact) mass is 293 g/mol. The van der Waals surface area contributed by atoms with Crippen LogP contribution in [0.5, 0.6) is 0 Å². The van der Waals surface area contributed by atoms with Crippen LogP contribution in [-0.4, -0.2) is 40.8 Å². The Kier molecular flexibility index (Phi) is 5.47. The zero-order valence-electron chi connectivity index (χ0n) is 11.8. The molecule has 0 bridgehead atoms. The molecule has 2 N–H and O–H groups in total. The van der Waals surface area contributed by atoms with Gasteiger partial charge in [0.05, 0.1) is 0 Å². The number of aliphatic carboxylic acids is 1. The van der Waals surface area contributed by atoms with Gasteiger partial charge in [0.1, 0.15) is 5.82 Å². The molecule has 0 aliphatic carbocycles. The molecule has 1 saturated heterocycles. The summed E-state index contributed by atoms with van der Waals surface area (Å²) in [5.41, 5.74) is 1.39. The van der Waals surface area contributed by atoms with Crippen LogP contribution in [0.3, 0.4) is 0 Å². The van der Waals surface area contributed by atoms with Crippen LogP contribution < -0.4 is 0 Å². The number of hydrogen-bond donors (Lipinski definition) is 2. The highest BCUT2D eigenvalue weighted by atomic mass is 19.1. The molecule has 114 valence electrons. The lowest BCUT2D eigenvalue weighted by Gasteiger charge is -2.16. The first kappa shape index (κ1) is 15.7. The largest absolute Gasteiger partial charge is 0.478 e. The fourth-order valence-corrected chi connectivity index (χ4v) is 2.76. The van der Waals surface area contributed by atoms with Crippen molar-refractivity contribution in [2.75, 3.05) is 19.7 Å². The minimum absolute atomic E-state index is 0.211. The minimum Gasteiger partial charge on any atom is -0.478 e. The maximum Gasteiger partial charge on any atom is 0.328 e. The summed E-state index contributed by atoms with van der Waals surface area (Å²) in [6.45, 7) is 2.72. The summed E-state index contributed by atoms with van der Waals surface area (Å²) < 4.78 is 13.6. The average molecular weight is 293 g/mol. The van der Waals surface area contributed by atoms with Crippen molar-refractivity contribution in [3.05, 3.63) is 41.2 Å². The quantitative estimate of drug-likeness (QED) is 0.789. The fraction of sp³-hybridized carbons (Fsp3) is 0.438. The molecule has 1 aromatic carbocycles. The lowest BCUT2D eigenvalue weighted by Crippen LogP contribution is -2.20. The van der Waals surface area contributed by atoms with E-state index in [0.717, 1.165) is 37.6 Å². The summed E-state index contributed by atoms with van der Waals surface area (Å²) in [6.07, 6.45) is 4.27. The second-order valence-corrected chi connectivity index (χ2v) is 5.47. The molecule has 0 amide bonds. The molecule has 1 unspecified atom stereocenters. The number of rotatable bonds is 6. The number of nitrogens with zero attached hydrogens (tertiary/aromatic N) is 1. The van der Waals surface area contributed by atoms with Gasteiger partial charge in [-0.05, 0) is 54.6 Å². The Morgan fingerprint density at radius 2 is 2.24 bits per heavy atom. The van der Waals surface area contributed by atoms with Gasteiger partial charge in [0.15, 0.2) is 0 Å². The van der Waals surface area contributed by atoms with E-state index in [2.05, 4.69) is 4.90 Å². The van der Waals surface area contributed by atoms with E-state index < -0.39 is 5.97 Å². The molecule has 0 radical (unpaired) electrons. The van der Waals surface area contributed by atoms with Crippen LogP contribution in [0, 0.1) is 11.7 Å². The first-order valence-electron chi connectivity index (χ1n) is 7.10. The molecular weight excluding hydrogens is 273 g/mol. The first-order valence-corrected chi connectivity index (χ1v) is 7.10. The highest BCUT2D eigenvalue weighted by Crippen LogP contribution is 2.22. The van der Waals surface area contributed by atoms with Crippen LogP contribution >= 0.6 is 0 Å². The highest BCUT2D eigenvalue weighted by molar-refractivity contribution is 5.85. The van der Waals surface area contributed by atoms with E-state index >= 15 is 0 Å². The summed E-state index contributed by atoms with van der Waals surface area (Å²) in [5, 5.41) is 17.6. The van der Waals surface area contributed by atoms with Crippen molar-refractivity contribution in [3.63, 3.8) is 0 Å². The maximum absolute atomic E-state index is 13.6. The molecule has 21 heavy (non-hydrogen) atoms. The highest BCUT2D eigenvalue weighted by Gasteiger charge is 2.21. The number of aliphatic hydroxyl groups excluding tert-OH is 1. The number of carbonyl (C=O) groups is 1. The third-order valence-electron chi connectivity index (χ3n) is 3.71. The molecule has 0 saturated carbocycles. The van der Waals surface area contributed by atoms with Gasteiger partial charge in [0.2, 0.25) is 0 Å².